The van der Waals surface area contributed by atoms with Gasteiger partial charge in [0.1, 0.15) is 0 Å². The Hall–Kier alpha value is -2.83. The number of benzene rings is 2. The van der Waals surface area contributed by atoms with Crippen molar-refractivity contribution in [1.82, 2.24) is 19.9 Å². The number of rotatable bonds is 3. The van der Waals surface area contributed by atoms with Crippen molar-refractivity contribution < 1.29 is 0 Å². The zero-order chi connectivity index (χ0) is 21.5. The van der Waals surface area contributed by atoms with Crippen molar-refractivity contribution in [3.63, 3.8) is 0 Å². The third-order valence-electron chi connectivity index (χ3n) is 6.18. The summed E-state index contributed by atoms with van der Waals surface area (Å²) in [6, 6.07) is 15.9. The van der Waals surface area contributed by atoms with E-state index in [4.69, 9.17) is 4.98 Å². The van der Waals surface area contributed by atoms with Crippen molar-refractivity contribution >= 4 is 24.0 Å². The molecule has 4 aromatic rings. The molecule has 3 heterocycles. The molecule has 1 N–H and O–H groups in total. The Morgan fingerprint density at radius 2 is 1.68 bits per heavy atom. The number of fused-ring (bicyclic) bond motifs is 1. The Labute approximate surface area is 188 Å². The second kappa shape index (κ2) is 8.02. The largest absolute Gasteiger partial charge is 0.364 e. The highest BCUT2D eigenvalue weighted by Gasteiger charge is 2.24. The maximum absolute atomic E-state index is 4.76. The normalized spacial score (nSPS) is 19.2. The predicted octanol–water partition coefficient (Wildman–Crippen LogP) is 4.85. The summed E-state index contributed by atoms with van der Waals surface area (Å²) in [7, 11) is 0. The Balaban J connectivity index is 1.46. The van der Waals surface area contributed by atoms with Crippen LogP contribution in [0.25, 0.3) is 27.9 Å². The molecule has 0 bridgehead atoms. The lowest BCUT2D eigenvalue weighted by molar-refractivity contribution is 0.432. The van der Waals surface area contributed by atoms with Gasteiger partial charge in [-0.2, -0.15) is 5.10 Å². The van der Waals surface area contributed by atoms with Crippen LogP contribution < -0.4 is 10.2 Å². The van der Waals surface area contributed by atoms with E-state index < -0.39 is 0 Å². The molecule has 0 amide bonds. The minimum absolute atomic E-state index is 0.482. The molecular weight excluding hydrogens is 402 g/mol. The average Bonchev–Trinajstić information content (AvgIpc) is 3.17. The van der Waals surface area contributed by atoms with Gasteiger partial charge in [0.05, 0.1) is 6.20 Å². The fraction of sp³-hybridized carbons (Fsp3) is 0.280. The van der Waals surface area contributed by atoms with Gasteiger partial charge < -0.3 is 10.2 Å². The first kappa shape index (κ1) is 20.1. The highest BCUT2D eigenvalue weighted by molar-refractivity contribution is 7.80. The van der Waals surface area contributed by atoms with E-state index in [1.807, 2.05) is 23.0 Å². The van der Waals surface area contributed by atoms with Crippen LogP contribution in [0.5, 0.6) is 0 Å². The molecule has 158 valence electrons. The van der Waals surface area contributed by atoms with Crippen LogP contribution in [0.15, 0.2) is 66.0 Å². The zero-order valence-electron chi connectivity index (χ0n) is 18.1. The molecule has 1 fully saturated rings. The zero-order valence-corrected chi connectivity index (χ0v) is 19.0. The van der Waals surface area contributed by atoms with Gasteiger partial charge in [-0.25, -0.2) is 9.50 Å². The maximum atomic E-state index is 4.76. The van der Waals surface area contributed by atoms with Crippen molar-refractivity contribution in [3.05, 3.63) is 66.6 Å². The van der Waals surface area contributed by atoms with E-state index in [1.54, 1.807) is 0 Å². The molecule has 5 nitrogen and oxygen atoms in total. The predicted molar refractivity (Wildman–Crippen MR) is 130 cm³/mol. The first-order valence-corrected chi connectivity index (χ1v) is 11.2. The second-order valence-electron chi connectivity index (χ2n) is 8.48. The molecule has 5 rings (SSSR count). The van der Waals surface area contributed by atoms with Crippen LogP contribution in [0.4, 0.5) is 5.69 Å². The summed E-state index contributed by atoms with van der Waals surface area (Å²) < 4.78 is 1.87. The Kier molecular flexibility index (Phi) is 5.20. The summed E-state index contributed by atoms with van der Waals surface area (Å²) in [5.74, 6) is 0. The van der Waals surface area contributed by atoms with Crippen LogP contribution in [-0.4, -0.2) is 39.8 Å². The maximum Gasteiger partial charge on any atom is 0.162 e. The first-order valence-electron chi connectivity index (χ1n) is 10.7. The molecular formula is C25H27N5S. The molecule has 2 aromatic carbocycles. The number of piperazine rings is 1. The van der Waals surface area contributed by atoms with Gasteiger partial charge in [-0.15, -0.1) is 12.6 Å². The minimum atomic E-state index is 0.482. The van der Waals surface area contributed by atoms with Crippen LogP contribution in [0.3, 0.4) is 0 Å². The van der Waals surface area contributed by atoms with E-state index in [1.165, 1.54) is 11.3 Å². The molecule has 0 saturated carbocycles. The van der Waals surface area contributed by atoms with E-state index in [0.717, 1.165) is 45.9 Å². The Morgan fingerprint density at radius 1 is 0.935 bits per heavy atom. The molecule has 2 unspecified atom stereocenters. The number of aryl methyl sites for hydroxylation is 1. The van der Waals surface area contributed by atoms with Crippen molar-refractivity contribution in [3.8, 4) is 22.3 Å². The summed E-state index contributed by atoms with van der Waals surface area (Å²) >= 11 is 4.43. The van der Waals surface area contributed by atoms with Crippen LogP contribution in [0.1, 0.15) is 19.4 Å². The summed E-state index contributed by atoms with van der Waals surface area (Å²) in [4.78, 5) is 8.22. The molecule has 0 spiro atoms. The van der Waals surface area contributed by atoms with Crippen molar-refractivity contribution in [1.29, 1.82) is 0 Å². The second-order valence-corrected chi connectivity index (χ2v) is 9.00. The third kappa shape index (κ3) is 3.70. The molecule has 2 atom stereocenters. The SMILES string of the molecule is Cc1cc(S)ccc1-c1cnn2cc(-c3ccc(N4C(C)CNCC4C)cc3)cnc12. The van der Waals surface area contributed by atoms with Gasteiger partial charge in [-0.05, 0) is 61.7 Å². The lowest BCUT2D eigenvalue weighted by Gasteiger charge is -2.41. The summed E-state index contributed by atoms with van der Waals surface area (Å²) in [5.41, 5.74) is 7.66. The van der Waals surface area contributed by atoms with Crippen LogP contribution >= 0.6 is 12.6 Å². The van der Waals surface area contributed by atoms with Gasteiger partial charge in [0.2, 0.25) is 0 Å². The molecule has 1 aliphatic rings. The number of hydrogen-bond donors (Lipinski definition) is 2. The van der Waals surface area contributed by atoms with Gasteiger partial charge in [-0.1, -0.05) is 18.2 Å². The number of hydrogen-bond acceptors (Lipinski definition) is 5. The molecule has 1 saturated heterocycles. The molecule has 1 aliphatic heterocycles. The van der Waals surface area contributed by atoms with Gasteiger partial charge in [0.15, 0.2) is 5.65 Å². The first-order chi connectivity index (χ1) is 15.0. The van der Waals surface area contributed by atoms with E-state index >= 15 is 0 Å². The van der Waals surface area contributed by atoms with Crippen molar-refractivity contribution in [2.24, 2.45) is 0 Å². The van der Waals surface area contributed by atoms with Crippen LogP contribution in [0.2, 0.25) is 0 Å². The molecule has 6 heteroatoms. The molecule has 2 aromatic heterocycles. The molecule has 31 heavy (non-hydrogen) atoms. The molecule has 0 radical (unpaired) electrons. The van der Waals surface area contributed by atoms with Crippen LogP contribution in [0, 0.1) is 6.92 Å². The van der Waals surface area contributed by atoms with Crippen molar-refractivity contribution in [2.45, 2.75) is 37.8 Å². The highest BCUT2D eigenvalue weighted by atomic mass is 32.1. The average molecular weight is 430 g/mol. The van der Waals surface area contributed by atoms with E-state index in [2.05, 4.69) is 91.3 Å². The Morgan fingerprint density at radius 3 is 2.39 bits per heavy atom. The number of nitrogens with one attached hydrogen (secondary N) is 1. The third-order valence-corrected chi connectivity index (χ3v) is 6.46. The summed E-state index contributed by atoms with van der Waals surface area (Å²) in [6.45, 7) is 8.67. The van der Waals surface area contributed by atoms with Gasteiger partial charge in [-0.3, -0.25) is 0 Å². The smallest absolute Gasteiger partial charge is 0.162 e. The quantitative estimate of drug-likeness (QED) is 0.457. The Bertz CT molecular complexity index is 1220. The lowest BCUT2D eigenvalue weighted by atomic mass is 10.0. The van der Waals surface area contributed by atoms with E-state index in [0.29, 0.717) is 12.1 Å². The number of anilines is 1. The van der Waals surface area contributed by atoms with Gasteiger partial charge in [0.25, 0.3) is 0 Å². The standard InChI is InChI=1S/C25H27N5S/c1-16-10-22(31)8-9-23(16)24-14-28-29-15-20(13-27-25(24)29)19-4-6-21(7-5-19)30-17(2)11-26-12-18(30)3/h4-10,13-15,17-18,26,31H,11-12H2,1-3H3. The summed E-state index contributed by atoms with van der Waals surface area (Å²) in [5, 5.41) is 8.07. The molecule has 0 aliphatic carbocycles. The fourth-order valence-corrected chi connectivity index (χ4v) is 4.90. The number of thiol groups is 1. The topological polar surface area (TPSA) is 45.5 Å². The van der Waals surface area contributed by atoms with Gasteiger partial charge in [0, 0.05) is 59.3 Å². The van der Waals surface area contributed by atoms with Gasteiger partial charge >= 0.3 is 0 Å². The van der Waals surface area contributed by atoms with E-state index in [9.17, 15) is 0 Å². The lowest BCUT2D eigenvalue weighted by Crippen LogP contribution is -2.55. The minimum Gasteiger partial charge on any atom is -0.364 e. The monoisotopic (exact) mass is 429 g/mol. The van der Waals surface area contributed by atoms with Crippen LogP contribution in [-0.2, 0) is 0 Å². The fourth-order valence-electron chi connectivity index (χ4n) is 4.63. The summed E-state index contributed by atoms with van der Waals surface area (Å²) in [6.07, 6.45) is 5.88. The van der Waals surface area contributed by atoms with Crippen molar-refractivity contribution in [2.75, 3.05) is 18.0 Å². The number of nitrogens with zero attached hydrogens (tertiary/aromatic N) is 4. The highest BCUT2D eigenvalue weighted by Crippen LogP contribution is 2.30. The number of aromatic nitrogens is 3. The van der Waals surface area contributed by atoms with E-state index in [-0.39, 0.29) is 0 Å².